The van der Waals surface area contributed by atoms with Gasteiger partial charge in [-0.3, -0.25) is 9.59 Å². The molecule has 0 radical (unpaired) electrons. The molecule has 0 aliphatic rings. The van der Waals surface area contributed by atoms with Crippen molar-refractivity contribution in [2.75, 3.05) is 6.61 Å². The second-order valence-corrected chi connectivity index (χ2v) is 2.93. The lowest BCUT2D eigenvalue weighted by molar-refractivity contribution is -0.141. The summed E-state index contributed by atoms with van der Waals surface area (Å²) in [5.41, 5.74) is 0. The fourth-order valence-electron chi connectivity index (χ4n) is 0.266. The average Bonchev–Trinajstić information content (AvgIpc) is 2.04. The van der Waals surface area contributed by atoms with E-state index in [1.807, 2.05) is 0 Å². The van der Waals surface area contributed by atoms with Crippen molar-refractivity contribution in [2.45, 2.75) is 26.4 Å². The Kier molecular flexibility index (Phi) is 9.27. The molecule has 0 saturated heterocycles. The topological polar surface area (TPSA) is 115 Å². The Morgan fingerprint density at radius 1 is 1.21 bits per heavy atom. The molecular formula is C8H16O6. The van der Waals surface area contributed by atoms with Gasteiger partial charge in [0.25, 0.3) is 0 Å². The van der Waals surface area contributed by atoms with Crippen LogP contribution in [-0.2, 0) is 9.59 Å². The van der Waals surface area contributed by atoms with Crippen molar-refractivity contribution in [3.8, 4) is 0 Å². The molecule has 84 valence electrons. The molecule has 0 fully saturated rings. The van der Waals surface area contributed by atoms with Crippen molar-refractivity contribution < 1.29 is 30.0 Å². The van der Waals surface area contributed by atoms with Gasteiger partial charge in [0.2, 0.25) is 0 Å². The van der Waals surface area contributed by atoms with Crippen LogP contribution in [0.15, 0.2) is 0 Å². The Balaban J connectivity index is 0. The highest BCUT2D eigenvalue weighted by Crippen LogP contribution is 1.87. The van der Waals surface area contributed by atoms with Gasteiger partial charge in [-0.2, -0.15) is 0 Å². The minimum absolute atomic E-state index is 0.231. The Labute approximate surface area is 81.8 Å². The van der Waals surface area contributed by atoms with Gasteiger partial charge in [-0.25, -0.2) is 0 Å². The van der Waals surface area contributed by atoms with Gasteiger partial charge < -0.3 is 20.4 Å². The van der Waals surface area contributed by atoms with Gasteiger partial charge >= 0.3 is 11.9 Å². The van der Waals surface area contributed by atoms with E-state index in [1.165, 1.54) is 0 Å². The van der Waals surface area contributed by atoms with Crippen molar-refractivity contribution in [2.24, 2.45) is 5.92 Å². The molecule has 1 atom stereocenters. The van der Waals surface area contributed by atoms with E-state index in [-0.39, 0.29) is 5.92 Å². The minimum Gasteiger partial charge on any atom is -0.481 e. The predicted octanol–water partition coefficient (Wildman–Crippen LogP) is -0.459. The third-order valence-corrected chi connectivity index (χ3v) is 1.11. The van der Waals surface area contributed by atoms with Gasteiger partial charge in [0.15, 0.2) is 0 Å². The van der Waals surface area contributed by atoms with E-state index in [4.69, 9.17) is 20.4 Å². The van der Waals surface area contributed by atoms with Gasteiger partial charge in [0.05, 0.1) is 25.0 Å². The monoisotopic (exact) mass is 208 g/mol. The quantitative estimate of drug-likeness (QED) is 0.497. The highest BCUT2D eigenvalue weighted by Gasteiger charge is 2.05. The number of aliphatic carboxylic acids is 2. The predicted molar refractivity (Wildman–Crippen MR) is 47.8 cm³/mol. The zero-order chi connectivity index (χ0) is 11.7. The van der Waals surface area contributed by atoms with E-state index >= 15 is 0 Å². The summed E-state index contributed by atoms with van der Waals surface area (Å²) in [6.07, 6.45) is -1.51. The molecule has 0 aliphatic carbocycles. The summed E-state index contributed by atoms with van der Waals surface area (Å²) in [6, 6.07) is 0. The van der Waals surface area contributed by atoms with Crippen LogP contribution in [0.4, 0.5) is 0 Å². The molecule has 0 bridgehead atoms. The molecule has 6 nitrogen and oxygen atoms in total. The highest BCUT2D eigenvalue weighted by atomic mass is 16.4. The lowest BCUT2D eigenvalue weighted by atomic mass is 10.2. The van der Waals surface area contributed by atoms with Crippen LogP contribution in [-0.4, -0.2) is 45.1 Å². The van der Waals surface area contributed by atoms with E-state index in [9.17, 15) is 9.59 Å². The van der Waals surface area contributed by atoms with Crippen LogP contribution in [0.3, 0.4) is 0 Å². The molecule has 0 amide bonds. The third-order valence-electron chi connectivity index (χ3n) is 1.11. The molecule has 0 rings (SSSR count). The van der Waals surface area contributed by atoms with E-state index in [1.54, 1.807) is 13.8 Å². The van der Waals surface area contributed by atoms with Crippen LogP contribution in [0.5, 0.6) is 0 Å². The molecule has 0 aromatic heterocycles. The number of hydrogen-bond donors (Lipinski definition) is 4. The van der Waals surface area contributed by atoms with Gasteiger partial charge in [0.1, 0.15) is 0 Å². The zero-order valence-electron chi connectivity index (χ0n) is 8.17. The number of rotatable bonds is 4. The summed E-state index contributed by atoms with van der Waals surface area (Å²) in [5, 5.41) is 32.4. The first-order chi connectivity index (χ1) is 6.31. The van der Waals surface area contributed by atoms with Gasteiger partial charge in [0, 0.05) is 0 Å². The largest absolute Gasteiger partial charge is 0.481 e. The summed E-state index contributed by atoms with van der Waals surface area (Å²) >= 11 is 0. The second kappa shape index (κ2) is 8.46. The lowest BCUT2D eigenvalue weighted by Crippen LogP contribution is -2.16. The van der Waals surface area contributed by atoms with Gasteiger partial charge in [-0.05, 0) is 0 Å². The Bertz CT molecular complexity index is 177. The summed E-state index contributed by atoms with van der Waals surface area (Å²) in [6.45, 7) is 2.79. The second-order valence-electron chi connectivity index (χ2n) is 2.93. The SMILES string of the molecule is CC(C)C(=O)O.O=C(O)CC(O)CO. The molecule has 0 saturated carbocycles. The number of carboxylic acids is 2. The van der Waals surface area contributed by atoms with Crippen molar-refractivity contribution in [3.05, 3.63) is 0 Å². The first kappa shape index (κ1) is 15.3. The molecule has 0 heterocycles. The Morgan fingerprint density at radius 2 is 1.57 bits per heavy atom. The number of aliphatic hydroxyl groups is 2. The van der Waals surface area contributed by atoms with Crippen molar-refractivity contribution in [1.29, 1.82) is 0 Å². The standard InChI is InChI=1S/C4H8O4.C4H8O2/c5-2-3(6)1-4(7)8;1-3(2)4(5)6/h3,5-6H,1-2H2,(H,7,8);3H,1-2H3,(H,5,6). The maximum atomic E-state index is 9.70. The first-order valence-electron chi connectivity index (χ1n) is 4.04. The number of carbonyl (C=O) groups is 2. The molecule has 4 N–H and O–H groups in total. The van der Waals surface area contributed by atoms with E-state index in [0.717, 1.165) is 0 Å². The summed E-state index contributed by atoms with van der Waals surface area (Å²) in [7, 11) is 0. The molecule has 1 unspecified atom stereocenters. The normalized spacial score (nSPS) is 11.5. The van der Waals surface area contributed by atoms with Crippen LogP contribution in [0.2, 0.25) is 0 Å². The molecule has 14 heavy (non-hydrogen) atoms. The fraction of sp³-hybridized carbons (Fsp3) is 0.750. The van der Waals surface area contributed by atoms with Crippen LogP contribution in [0.25, 0.3) is 0 Å². The first-order valence-corrected chi connectivity index (χ1v) is 4.04. The van der Waals surface area contributed by atoms with Crippen molar-refractivity contribution in [1.82, 2.24) is 0 Å². The van der Waals surface area contributed by atoms with Crippen LogP contribution in [0, 0.1) is 5.92 Å². The minimum atomic E-state index is -1.12. The lowest BCUT2D eigenvalue weighted by Gasteiger charge is -1.99. The highest BCUT2D eigenvalue weighted by molar-refractivity contribution is 5.68. The molecule has 6 heteroatoms. The number of hydrogen-bond acceptors (Lipinski definition) is 4. The van der Waals surface area contributed by atoms with E-state index < -0.39 is 31.1 Å². The summed E-state index contributed by atoms with van der Waals surface area (Å²) < 4.78 is 0. The maximum Gasteiger partial charge on any atom is 0.306 e. The van der Waals surface area contributed by atoms with Gasteiger partial charge in [-0.1, -0.05) is 13.8 Å². The summed E-state index contributed by atoms with van der Waals surface area (Å²) in [4.78, 5) is 19.4. The maximum absolute atomic E-state index is 9.70. The van der Waals surface area contributed by atoms with Crippen molar-refractivity contribution >= 4 is 11.9 Å². The average molecular weight is 208 g/mol. The number of aliphatic hydroxyl groups excluding tert-OH is 2. The number of carboxylic acid groups (broad SMARTS) is 2. The van der Waals surface area contributed by atoms with E-state index in [2.05, 4.69) is 0 Å². The molecule has 0 aromatic rings. The van der Waals surface area contributed by atoms with Crippen LogP contribution < -0.4 is 0 Å². The Morgan fingerprint density at radius 3 is 1.64 bits per heavy atom. The van der Waals surface area contributed by atoms with E-state index in [0.29, 0.717) is 0 Å². The molecule has 0 spiro atoms. The van der Waals surface area contributed by atoms with Gasteiger partial charge in [-0.15, -0.1) is 0 Å². The summed E-state index contributed by atoms with van der Waals surface area (Å²) in [5.74, 6) is -2.08. The third kappa shape index (κ3) is 13.4. The fourth-order valence-corrected chi connectivity index (χ4v) is 0.266. The smallest absolute Gasteiger partial charge is 0.306 e. The molecular weight excluding hydrogens is 192 g/mol. The molecule has 0 aromatic carbocycles. The zero-order valence-corrected chi connectivity index (χ0v) is 8.17. The van der Waals surface area contributed by atoms with Crippen LogP contribution in [0.1, 0.15) is 20.3 Å². The molecule has 0 aliphatic heterocycles. The van der Waals surface area contributed by atoms with Crippen molar-refractivity contribution in [3.63, 3.8) is 0 Å². The Hall–Kier alpha value is -1.14. The van der Waals surface area contributed by atoms with Crippen LogP contribution >= 0.6 is 0 Å².